The molecule has 0 aliphatic heterocycles. The summed E-state index contributed by atoms with van der Waals surface area (Å²) in [4.78, 5) is 10.7. The molecule has 0 aliphatic rings. The molecule has 0 aromatic heterocycles. The van der Waals surface area contributed by atoms with E-state index < -0.39 is 0 Å². The van der Waals surface area contributed by atoms with Crippen molar-refractivity contribution in [1.82, 2.24) is 0 Å². The van der Waals surface area contributed by atoms with Gasteiger partial charge < -0.3 is 4.74 Å². The Bertz CT molecular complexity index is 209. The Hall–Kier alpha value is -0.790. The Labute approximate surface area is 106 Å². The van der Waals surface area contributed by atoms with E-state index in [0.717, 1.165) is 12.8 Å². The highest BCUT2D eigenvalue weighted by Crippen LogP contribution is 2.08. The van der Waals surface area contributed by atoms with Crippen molar-refractivity contribution in [3.63, 3.8) is 0 Å². The van der Waals surface area contributed by atoms with E-state index in [1.165, 1.54) is 45.4 Å². The van der Waals surface area contributed by atoms with E-state index in [-0.39, 0.29) is 12.1 Å². The predicted molar refractivity (Wildman–Crippen MR) is 73.0 cm³/mol. The summed E-state index contributed by atoms with van der Waals surface area (Å²) in [7, 11) is 0. The van der Waals surface area contributed by atoms with E-state index in [2.05, 4.69) is 19.1 Å². The standard InChI is InChI=1S/C15H28O2/c1-4-5-6-7-8-9-10-11-12-13-14(2)17-15(3)16/h11-12,14H,4-10,13H2,1-3H3/b12-11+. The normalized spacial score (nSPS) is 12.9. The maximum absolute atomic E-state index is 10.7. The smallest absolute Gasteiger partial charge is 0.302 e. The van der Waals surface area contributed by atoms with Gasteiger partial charge in [0.1, 0.15) is 6.10 Å². The molecule has 0 radical (unpaired) electrons. The molecule has 0 spiro atoms. The highest BCUT2D eigenvalue weighted by Gasteiger charge is 2.01. The van der Waals surface area contributed by atoms with Crippen LogP contribution < -0.4 is 0 Å². The second-order valence-corrected chi connectivity index (χ2v) is 4.68. The number of carbonyl (C=O) groups is 1. The van der Waals surface area contributed by atoms with Crippen molar-refractivity contribution in [2.24, 2.45) is 0 Å². The largest absolute Gasteiger partial charge is 0.463 e. The van der Waals surface area contributed by atoms with Crippen LogP contribution in [-0.2, 0) is 9.53 Å². The minimum absolute atomic E-state index is 0.00769. The van der Waals surface area contributed by atoms with Gasteiger partial charge in [0.15, 0.2) is 0 Å². The molecule has 2 heteroatoms. The van der Waals surface area contributed by atoms with E-state index in [4.69, 9.17) is 4.74 Å². The van der Waals surface area contributed by atoms with Gasteiger partial charge in [-0.3, -0.25) is 4.79 Å². The second-order valence-electron chi connectivity index (χ2n) is 4.68. The predicted octanol–water partition coefficient (Wildman–Crippen LogP) is 4.63. The summed E-state index contributed by atoms with van der Waals surface area (Å²) in [6, 6.07) is 0. The lowest BCUT2D eigenvalue weighted by Gasteiger charge is -2.08. The fourth-order valence-corrected chi connectivity index (χ4v) is 1.78. The Kier molecular flexibility index (Phi) is 11.1. The first-order valence-corrected chi connectivity index (χ1v) is 6.99. The molecule has 17 heavy (non-hydrogen) atoms. The highest BCUT2D eigenvalue weighted by atomic mass is 16.5. The lowest BCUT2D eigenvalue weighted by atomic mass is 10.1. The summed E-state index contributed by atoms with van der Waals surface area (Å²) in [5.41, 5.74) is 0. The summed E-state index contributed by atoms with van der Waals surface area (Å²) < 4.78 is 5.03. The zero-order chi connectivity index (χ0) is 12.9. The molecular formula is C15H28O2. The molecule has 0 rings (SSSR count). The molecule has 0 N–H and O–H groups in total. The minimum Gasteiger partial charge on any atom is -0.463 e. The van der Waals surface area contributed by atoms with Crippen LogP contribution in [0.15, 0.2) is 12.2 Å². The van der Waals surface area contributed by atoms with Gasteiger partial charge >= 0.3 is 5.97 Å². The lowest BCUT2D eigenvalue weighted by molar-refractivity contribution is -0.145. The zero-order valence-corrected chi connectivity index (χ0v) is 11.7. The molecule has 0 fully saturated rings. The molecule has 0 bridgehead atoms. The number of rotatable bonds is 10. The summed E-state index contributed by atoms with van der Waals surface area (Å²) in [6.45, 7) is 5.63. The Morgan fingerprint density at radius 2 is 1.76 bits per heavy atom. The second kappa shape index (κ2) is 11.7. The summed E-state index contributed by atoms with van der Waals surface area (Å²) in [6.07, 6.45) is 14.4. The van der Waals surface area contributed by atoms with Crippen molar-refractivity contribution in [3.8, 4) is 0 Å². The number of esters is 1. The number of hydrogen-bond donors (Lipinski definition) is 0. The molecule has 0 amide bonds. The lowest BCUT2D eigenvalue weighted by Crippen LogP contribution is -2.10. The van der Waals surface area contributed by atoms with Crippen LogP contribution in [0.4, 0.5) is 0 Å². The zero-order valence-electron chi connectivity index (χ0n) is 11.7. The number of ether oxygens (including phenoxy) is 1. The maximum atomic E-state index is 10.7. The van der Waals surface area contributed by atoms with E-state index in [9.17, 15) is 4.79 Å². The monoisotopic (exact) mass is 240 g/mol. The van der Waals surface area contributed by atoms with Crippen LogP contribution in [-0.4, -0.2) is 12.1 Å². The van der Waals surface area contributed by atoms with Gasteiger partial charge in [0, 0.05) is 13.3 Å². The Morgan fingerprint density at radius 1 is 1.12 bits per heavy atom. The quantitative estimate of drug-likeness (QED) is 0.316. The van der Waals surface area contributed by atoms with Gasteiger partial charge in [-0.1, -0.05) is 51.2 Å². The molecule has 1 atom stereocenters. The van der Waals surface area contributed by atoms with Crippen LogP contribution in [0.2, 0.25) is 0 Å². The van der Waals surface area contributed by atoms with Crippen molar-refractivity contribution >= 4 is 5.97 Å². The fourth-order valence-electron chi connectivity index (χ4n) is 1.78. The number of allylic oxidation sites excluding steroid dienone is 1. The van der Waals surface area contributed by atoms with Crippen LogP contribution in [0, 0.1) is 0 Å². The van der Waals surface area contributed by atoms with Crippen molar-refractivity contribution in [3.05, 3.63) is 12.2 Å². The van der Waals surface area contributed by atoms with Gasteiger partial charge in [0.05, 0.1) is 0 Å². The Balaban J connectivity index is 3.27. The average molecular weight is 240 g/mol. The number of unbranched alkanes of at least 4 members (excludes halogenated alkanes) is 6. The molecule has 1 unspecified atom stereocenters. The highest BCUT2D eigenvalue weighted by molar-refractivity contribution is 5.66. The van der Waals surface area contributed by atoms with Gasteiger partial charge in [-0.15, -0.1) is 0 Å². The Morgan fingerprint density at radius 3 is 2.41 bits per heavy atom. The molecule has 0 saturated carbocycles. The first-order valence-electron chi connectivity index (χ1n) is 6.99. The van der Waals surface area contributed by atoms with Crippen molar-refractivity contribution < 1.29 is 9.53 Å². The summed E-state index contributed by atoms with van der Waals surface area (Å²) >= 11 is 0. The van der Waals surface area contributed by atoms with Gasteiger partial charge in [-0.05, 0) is 19.8 Å². The molecule has 2 nitrogen and oxygen atoms in total. The maximum Gasteiger partial charge on any atom is 0.302 e. The molecule has 0 aromatic rings. The summed E-state index contributed by atoms with van der Waals surface area (Å²) in [5, 5.41) is 0. The third-order valence-electron chi connectivity index (χ3n) is 2.73. The average Bonchev–Trinajstić information content (AvgIpc) is 2.26. The van der Waals surface area contributed by atoms with Crippen molar-refractivity contribution in [1.29, 1.82) is 0 Å². The van der Waals surface area contributed by atoms with Crippen LogP contribution in [0.25, 0.3) is 0 Å². The van der Waals surface area contributed by atoms with Crippen LogP contribution >= 0.6 is 0 Å². The van der Waals surface area contributed by atoms with Crippen LogP contribution in [0.3, 0.4) is 0 Å². The van der Waals surface area contributed by atoms with Gasteiger partial charge in [0.2, 0.25) is 0 Å². The first-order chi connectivity index (χ1) is 8.16. The first kappa shape index (κ1) is 16.2. The molecular weight excluding hydrogens is 212 g/mol. The van der Waals surface area contributed by atoms with Crippen LogP contribution in [0.5, 0.6) is 0 Å². The topological polar surface area (TPSA) is 26.3 Å². The number of carbonyl (C=O) groups excluding carboxylic acids is 1. The van der Waals surface area contributed by atoms with E-state index in [1.807, 2.05) is 6.92 Å². The minimum atomic E-state index is -0.193. The third-order valence-corrected chi connectivity index (χ3v) is 2.73. The SMILES string of the molecule is CCCCCCCC/C=C/CC(C)OC(C)=O. The van der Waals surface area contributed by atoms with E-state index in [0.29, 0.717) is 0 Å². The van der Waals surface area contributed by atoms with Crippen molar-refractivity contribution in [2.45, 2.75) is 78.2 Å². The van der Waals surface area contributed by atoms with Crippen LogP contribution in [0.1, 0.15) is 72.1 Å². The van der Waals surface area contributed by atoms with Crippen molar-refractivity contribution in [2.75, 3.05) is 0 Å². The third kappa shape index (κ3) is 13.1. The van der Waals surface area contributed by atoms with E-state index >= 15 is 0 Å². The molecule has 0 saturated heterocycles. The molecule has 0 aromatic carbocycles. The molecule has 100 valence electrons. The van der Waals surface area contributed by atoms with Gasteiger partial charge in [-0.25, -0.2) is 0 Å². The fraction of sp³-hybridized carbons (Fsp3) is 0.800. The number of hydrogen-bond acceptors (Lipinski definition) is 2. The van der Waals surface area contributed by atoms with E-state index in [1.54, 1.807) is 0 Å². The molecule has 0 aliphatic carbocycles. The molecule has 0 heterocycles. The van der Waals surface area contributed by atoms with Gasteiger partial charge in [-0.2, -0.15) is 0 Å². The summed E-state index contributed by atoms with van der Waals surface area (Å²) in [5.74, 6) is -0.193. The van der Waals surface area contributed by atoms with Gasteiger partial charge in [0.25, 0.3) is 0 Å².